The van der Waals surface area contributed by atoms with Crippen molar-refractivity contribution in [1.82, 2.24) is 9.97 Å². The van der Waals surface area contributed by atoms with Gasteiger partial charge >= 0.3 is 0 Å². The minimum atomic E-state index is -1.38. The van der Waals surface area contributed by atoms with Gasteiger partial charge in [0.25, 0.3) is 0 Å². The standard InChI is InChI=1S/C23H20N.C20H16NO.Ir/c1-16(2)13-17-11-12-24-23(14-17)20-9-10-22-19(15-20)8-7-18-5-3-4-6-21(18)22;1-13(2)14-9-10-15-16-6-5-7-17(18-8-3-4-11-21-18)20(16)22-19(15)12-14;/h3-8,10-12,14-16H,13H2,1-2H3;3-6,8-13H,1-2H3;/q2*-1;/i13D2;;. The number of nitrogens with zero attached hydrogens (tertiary/aromatic N) is 2. The van der Waals surface area contributed by atoms with Crippen molar-refractivity contribution in [3.05, 3.63) is 145 Å². The summed E-state index contributed by atoms with van der Waals surface area (Å²) in [5, 5.41) is 6.99. The van der Waals surface area contributed by atoms with E-state index in [0.717, 1.165) is 49.8 Å². The molecule has 8 rings (SSSR count). The van der Waals surface area contributed by atoms with Gasteiger partial charge in [0.15, 0.2) is 0 Å². The minimum Gasteiger partial charge on any atom is -0.501 e. The molecule has 8 aromatic rings. The molecule has 0 N–H and O–H groups in total. The van der Waals surface area contributed by atoms with Crippen LogP contribution in [0.1, 0.15) is 47.5 Å². The van der Waals surface area contributed by atoms with Gasteiger partial charge in [-0.1, -0.05) is 122 Å². The van der Waals surface area contributed by atoms with Gasteiger partial charge in [0.05, 0.1) is 5.58 Å². The summed E-state index contributed by atoms with van der Waals surface area (Å²) in [6.45, 7) is 8.18. The van der Waals surface area contributed by atoms with Crippen molar-refractivity contribution in [3.8, 4) is 22.5 Å². The monoisotopic (exact) mass is 791 g/mol. The van der Waals surface area contributed by atoms with Gasteiger partial charge < -0.3 is 14.4 Å². The van der Waals surface area contributed by atoms with E-state index in [4.69, 9.17) is 7.16 Å². The molecular formula is C43H36IrN2O-2. The fourth-order valence-electron chi connectivity index (χ4n) is 5.91. The van der Waals surface area contributed by atoms with E-state index in [1.54, 1.807) is 18.5 Å². The van der Waals surface area contributed by atoms with Crippen LogP contribution >= 0.6 is 0 Å². The number of hydrogen-bond donors (Lipinski definition) is 0. The fourth-order valence-corrected chi connectivity index (χ4v) is 5.91. The first-order chi connectivity index (χ1) is 23.2. The summed E-state index contributed by atoms with van der Waals surface area (Å²) in [5.41, 5.74) is 7.17. The molecule has 0 saturated heterocycles. The normalized spacial score (nSPS) is 12.2. The maximum Gasteiger partial charge on any atom is 0.121 e. The fraction of sp³-hybridized carbons (Fsp3) is 0.163. The second-order valence-electron chi connectivity index (χ2n) is 12.2. The van der Waals surface area contributed by atoms with E-state index in [-0.39, 0.29) is 26.0 Å². The summed E-state index contributed by atoms with van der Waals surface area (Å²) in [6, 6.07) is 43.2. The predicted octanol–water partition coefficient (Wildman–Crippen LogP) is 11.6. The zero-order valence-corrected chi connectivity index (χ0v) is 29.2. The smallest absolute Gasteiger partial charge is 0.121 e. The number of hydrogen-bond acceptors (Lipinski definition) is 3. The van der Waals surface area contributed by atoms with Gasteiger partial charge in [-0.25, -0.2) is 0 Å². The Morgan fingerprint density at radius 3 is 2.32 bits per heavy atom. The van der Waals surface area contributed by atoms with Gasteiger partial charge in [-0.3, -0.25) is 0 Å². The van der Waals surface area contributed by atoms with Gasteiger partial charge in [-0.15, -0.1) is 47.3 Å². The van der Waals surface area contributed by atoms with Gasteiger partial charge in [-0.05, 0) is 58.7 Å². The molecule has 0 fully saturated rings. The summed E-state index contributed by atoms with van der Waals surface area (Å²) < 4.78 is 22.8. The van der Waals surface area contributed by atoms with Crippen LogP contribution in [-0.4, -0.2) is 9.97 Å². The molecule has 0 amide bonds. The molecule has 3 aromatic heterocycles. The second kappa shape index (κ2) is 14.0. The summed E-state index contributed by atoms with van der Waals surface area (Å²) in [4.78, 5) is 8.88. The van der Waals surface area contributed by atoms with Crippen LogP contribution in [0.3, 0.4) is 0 Å². The molecule has 5 aromatic carbocycles. The Hall–Kier alpha value is -4.63. The molecule has 0 aliphatic heterocycles. The number of aromatic nitrogens is 2. The van der Waals surface area contributed by atoms with Crippen molar-refractivity contribution in [2.24, 2.45) is 5.92 Å². The Balaban J connectivity index is 0.000000169. The summed E-state index contributed by atoms with van der Waals surface area (Å²) in [5.74, 6) is 0.379. The van der Waals surface area contributed by atoms with Gasteiger partial charge in [0.1, 0.15) is 5.58 Å². The summed E-state index contributed by atoms with van der Waals surface area (Å²) in [6.07, 6.45) is 2.09. The van der Waals surface area contributed by atoms with Crippen LogP contribution in [-0.2, 0) is 26.5 Å². The third kappa shape index (κ3) is 6.76. The van der Waals surface area contributed by atoms with Crippen molar-refractivity contribution in [2.75, 3.05) is 0 Å². The molecule has 4 heteroatoms. The van der Waals surface area contributed by atoms with Crippen molar-refractivity contribution in [1.29, 1.82) is 0 Å². The number of rotatable bonds is 5. The summed E-state index contributed by atoms with van der Waals surface area (Å²) >= 11 is 0. The van der Waals surface area contributed by atoms with Crippen LogP contribution in [0.25, 0.3) is 66.0 Å². The van der Waals surface area contributed by atoms with E-state index in [9.17, 15) is 0 Å². The molecule has 3 nitrogen and oxygen atoms in total. The molecule has 47 heavy (non-hydrogen) atoms. The average Bonchev–Trinajstić information content (AvgIpc) is 3.50. The zero-order chi connectivity index (χ0) is 33.4. The topological polar surface area (TPSA) is 38.9 Å². The van der Waals surface area contributed by atoms with Crippen LogP contribution < -0.4 is 0 Å². The van der Waals surface area contributed by atoms with Gasteiger partial charge in [0, 0.05) is 40.6 Å². The van der Waals surface area contributed by atoms with Crippen molar-refractivity contribution in [2.45, 2.75) is 40.0 Å². The Labute approximate surface area is 292 Å². The summed E-state index contributed by atoms with van der Waals surface area (Å²) in [7, 11) is 0. The van der Waals surface area contributed by atoms with Crippen LogP contribution in [0.5, 0.6) is 0 Å². The third-order valence-electron chi connectivity index (χ3n) is 8.21. The Morgan fingerprint density at radius 2 is 1.51 bits per heavy atom. The van der Waals surface area contributed by atoms with Gasteiger partial charge in [0.2, 0.25) is 0 Å². The van der Waals surface area contributed by atoms with Crippen molar-refractivity contribution >= 4 is 43.5 Å². The largest absolute Gasteiger partial charge is 0.501 e. The van der Waals surface area contributed by atoms with Gasteiger partial charge in [-0.2, -0.15) is 0 Å². The molecular weight excluding hydrogens is 753 g/mol. The van der Waals surface area contributed by atoms with E-state index >= 15 is 0 Å². The van der Waals surface area contributed by atoms with Crippen molar-refractivity contribution < 1.29 is 27.3 Å². The maximum absolute atomic E-state index is 8.33. The molecule has 0 unspecified atom stereocenters. The van der Waals surface area contributed by atoms with Crippen LogP contribution in [0, 0.1) is 18.1 Å². The number of fused-ring (bicyclic) bond motifs is 6. The molecule has 0 saturated carbocycles. The first-order valence-corrected chi connectivity index (χ1v) is 15.8. The van der Waals surface area contributed by atoms with Crippen LogP contribution in [0.4, 0.5) is 0 Å². The quantitative estimate of drug-likeness (QED) is 0.129. The molecule has 0 bridgehead atoms. The Kier molecular flexibility index (Phi) is 8.87. The first kappa shape index (κ1) is 29.8. The number of pyridine rings is 2. The van der Waals surface area contributed by atoms with E-state index in [0.29, 0.717) is 11.5 Å². The molecule has 1 radical (unpaired) electrons. The Morgan fingerprint density at radius 1 is 0.702 bits per heavy atom. The number of furan rings is 1. The first-order valence-electron chi connectivity index (χ1n) is 16.8. The van der Waals surface area contributed by atoms with Crippen LogP contribution in [0.2, 0.25) is 0 Å². The minimum absolute atomic E-state index is 0. The SMILES string of the molecule is CC(C)c1ccc2c(c1)oc1c(-c3ccccn3)[c-]ccc12.[2H]C([2H])(c1ccnc(-c2[c-]cc3c(ccc4ccccc43)c2)c1)C(C)C.[Ir]. The molecule has 0 atom stereocenters. The van der Waals surface area contributed by atoms with E-state index in [1.165, 1.54) is 21.7 Å². The molecule has 0 aliphatic rings. The maximum atomic E-state index is 8.33. The van der Waals surface area contributed by atoms with Crippen molar-refractivity contribution in [3.63, 3.8) is 0 Å². The zero-order valence-electron chi connectivity index (χ0n) is 28.8. The van der Waals surface area contributed by atoms with E-state index < -0.39 is 6.37 Å². The van der Waals surface area contributed by atoms with Crippen LogP contribution in [0.15, 0.2) is 126 Å². The second-order valence-corrected chi connectivity index (χ2v) is 12.2. The van der Waals surface area contributed by atoms with E-state index in [1.807, 2.05) is 56.3 Å². The molecule has 0 aliphatic carbocycles. The number of benzene rings is 5. The Bertz CT molecular complexity index is 2400. The predicted molar refractivity (Wildman–Crippen MR) is 192 cm³/mol. The van der Waals surface area contributed by atoms with E-state index in [2.05, 4.69) is 96.6 Å². The molecule has 235 valence electrons. The average molecular weight is 791 g/mol. The molecule has 0 spiro atoms. The molecule has 3 heterocycles. The third-order valence-corrected chi connectivity index (χ3v) is 8.21.